The largest absolute Gasteiger partial charge is 0.479 e. The number of nitrogens with zero attached hydrogens (tertiary/aromatic N) is 1. The van der Waals surface area contributed by atoms with Gasteiger partial charge in [-0.2, -0.15) is 0 Å². The third kappa shape index (κ3) is 3.40. The Morgan fingerprint density at radius 3 is 2.09 bits per heavy atom. The lowest BCUT2D eigenvalue weighted by molar-refractivity contribution is 0.0905. The number of hydrogen-bond donors (Lipinski definition) is 1. The Labute approximate surface area is 133 Å². The molecule has 0 saturated carbocycles. The number of amides is 1. The van der Waals surface area contributed by atoms with E-state index in [0.717, 1.165) is 11.1 Å². The molecule has 5 nitrogen and oxygen atoms in total. The van der Waals surface area contributed by atoms with Crippen molar-refractivity contribution in [3.8, 4) is 5.88 Å². The Balaban J connectivity index is 1.88. The third-order valence-corrected chi connectivity index (χ3v) is 3.46. The molecule has 116 valence electrons. The second kappa shape index (κ2) is 6.79. The molecule has 5 heteroatoms. The average Bonchev–Trinajstić information content (AvgIpc) is 3.10. The quantitative estimate of drug-likeness (QED) is 0.786. The van der Waals surface area contributed by atoms with Crippen LogP contribution < -0.4 is 10.1 Å². The van der Waals surface area contributed by atoms with Gasteiger partial charge in [-0.3, -0.25) is 4.79 Å². The van der Waals surface area contributed by atoms with Crippen LogP contribution in [-0.2, 0) is 0 Å². The summed E-state index contributed by atoms with van der Waals surface area (Å²) in [6, 6.07) is 20.7. The van der Waals surface area contributed by atoms with E-state index < -0.39 is 0 Å². The van der Waals surface area contributed by atoms with E-state index in [0.29, 0.717) is 0 Å². The van der Waals surface area contributed by atoms with E-state index in [4.69, 9.17) is 9.26 Å². The van der Waals surface area contributed by atoms with E-state index >= 15 is 0 Å². The molecule has 3 rings (SSSR count). The zero-order chi connectivity index (χ0) is 16.1. The van der Waals surface area contributed by atoms with Crippen molar-refractivity contribution < 1.29 is 14.1 Å². The van der Waals surface area contributed by atoms with Gasteiger partial charge in [-0.1, -0.05) is 60.7 Å². The first-order valence-electron chi connectivity index (χ1n) is 7.19. The molecule has 2 aromatic carbocycles. The fourth-order valence-corrected chi connectivity index (χ4v) is 2.31. The molecular formula is C18H16N2O3. The van der Waals surface area contributed by atoms with Gasteiger partial charge in [0.1, 0.15) is 0 Å². The van der Waals surface area contributed by atoms with E-state index in [-0.39, 0.29) is 23.6 Å². The molecule has 0 atom stereocenters. The summed E-state index contributed by atoms with van der Waals surface area (Å²) in [4.78, 5) is 12.4. The number of ether oxygens (including phenoxy) is 1. The van der Waals surface area contributed by atoms with E-state index in [1.807, 2.05) is 60.7 Å². The summed E-state index contributed by atoms with van der Waals surface area (Å²) in [7, 11) is 1.47. The standard InChI is InChI=1S/C18H16N2O3/c1-22-16-12-15(23-20-16)18(21)19-17(13-8-4-2-5-9-13)14-10-6-3-7-11-14/h2-12,17H,1H3,(H,19,21). The van der Waals surface area contributed by atoms with Gasteiger partial charge in [0.05, 0.1) is 19.2 Å². The average molecular weight is 308 g/mol. The van der Waals surface area contributed by atoms with Crippen LogP contribution >= 0.6 is 0 Å². The Morgan fingerprint density at radius 2 is 1.61 bits per heavy atom. The molecule has 0 saturated heterocycles. The highest BCUT2D eigenvalue weighted by atomic mass is 16.5. The molecule has 0 spiro atoms. The highest BCUT2D eigenvalue weighted by molar-refractivity contribution is 5.92. The van der Waals surface area contributed by atoms with Crippen molar-refractivity contribution in [2.75, 3.05) is 7.11 Å². The van der Waals surface area contributed by atoms with Crippen LogP contribution in [0.4, 0.5) is 0 Å². The van der Waals surface area contributed by atoms with Crippen LogP contribution in [0.15, 0.2) is 71.3 Å². The van der Waals surface area contributed by atoms with E-state index in [2.05, 4.69) is 10.5 Å². The highest BCUT2D eigenvalue weighted by Crippen LogP contribution is 2.22. The molecule has 23 heavy (non-hydrogen) atoms. The van der Waals surface area contributed by atoms with E-state index in [1.54, 1.807) is 0 Å². The fraction of sp³-hybridized carbons (Fsp3) is 0.111. The van der Waals surface area contributed by atoms with Crippen LogP contribution in [0.5, 0.6) is 5.88 Å². The Morgan fingerprint density at radius 1 is 1.04 bits per heavy atom. The van der Waals surface area contributed by atoms with Gasteiger partial charge in [-0.05, 0) is 16.3 Å². The lowest BCUT2D eigenvalue weighted by Gasteiger charge is -2.19. The molecule has 1 N–H and O–H groups in total. The molecule has 0 radical (unpaired) electrons. The van der Waals surface area contributed by atoms with Crippen LogP contribution in [0, 0.1) is 0 Å². The van der Waals surface area contributed by atoms with Crippen molar-refractivity contribution in [1.82, 2.24) is 10.5 Å². The number of nitrogens with one attached hydrogen (secondary N) is 1. The van der Waals surface area contributed by atoms with Crippen LogP contribution in [0.1, 0.15) is 27.7 Å². The van der Waals surface area contributed by atoms with Crippen molar-refractivity contribution in [2.45, 2.75) is 6.04 Å². The maximum absolute atomic E-state index is 12.4. The second-order valence-electron chi connectivity index (χ2n) is 4.96. The van der Waals surface area contributed by atoms with Crippen molar-refractivity contribution in [1.29, 1.82) is 0 Å². The first kappa shape index (κ1) is 14.8. The monoisotopic (exact) mass is 308 g/mol. The summed E-state index contributed by atoms with van der Waals surface area (Å²) in [5, 5.41) is 6.63. The van der Waals surface area contributed by atoms with E-state index in [1.165, 1.54) is 13.2 Å². The molecule has 0 bridgehead atoms. The molecule has 1 aromatic heterocycles. The highest BCUT2D eigenvalue weighted by Gasteiger charge is 2.20. The second-order valence-corrected chi connectivity index (χ2v) is 4.96. The fourth-order valence-electron chi connectivity index (χ4n) is 2.31. The minimum Gasteiger partial charge on any atom is -0.479 e. The normalized spacial score (nSPS) is 10.5. The molecule has 0 aliphatic carbocycles. The number of hydrogen-bond acceptors (Lipinski definition) is 4. The van der Waals surface area contributed by atoms with Crippen LogP contribution in [-0.4, -0.2) is 18.2 Å². The first-order valence-corrected chi connectivity index (χ1v) is 7.19. The number of benzene rings is 2. The van der Waals surface area contributed by atoms with Gasteiger partial charge in [0.25, 0.3) is 11.8 Å². The van der Waals surface area contributed by atoms with Gasteiger partial charge >= 0.3 is 0 Å². The number of carbonyl (C=O) groups excluding carboxylic acids is 1. The zero-order valence-corrected chi connectivity index (χ0v) is 12.6. The molecule has 3 aromatic rings. The zero-order valence-electron chi connectivity index (χ0n) is 12.6. The number of rotatable bonds is 5. The van der Waals surface area contributed by atoms with Crippen LogP contribution in [0.25, 0.3) is 0 Å². The predicted octanol–water partition coefficient (Wildman–Crippen LogP) is 3.20. The maximum atomic E-state index is 12.4. The molecule has 1 heterocycles. The lowest BCUT2D eigenvalue weighted by atomic mass is 9.98. The lowest BCUT2D eigenvalue weighted by Crippen LogP contribution is -2.29. The predicted molar refractivity (Wildman–Crippen MR) is 85.2 cm³/mol. The van der Waals surface area contributed by atoms with Gasteiger partial charge in [0.15, 0.2) is 0 Å². The number of carbonyl (C=O) groups is 1. The summed E-state index contributed by atoms with van der Waals surface area (Å²) in [5.74, 6) is 0.0309. The number of aromatic nitrogens is 1. The molecule has 0 aliphatic rings. The van der Waals surface area contributed by atoms with Gasteiger partial charge in [0, 0.05) is 0 Å². The van der Waals surface area contributed by atoms with Crippen LogP contribution in [0.2, 0.25) is 0 Å². The van der Waals surface area contributed by atoms with E-state index in [9.17, 15) is 4.79 Å². The van der Waals surface area contributed by atoms with Crippen LogP contribution in [0.3, 0.4) is 0 Å². The van der Waals surface area contributed by atoms with Crippen molar-refractivity contribution in [2.24, 2.45) is 0 Å². The molecular weight excluding hydrogens is 292 g/mol. The Hall–Kier alpha value is -3.08. The van der Waals surface area contributed by atoms with Gasteiger partial charge in [0.2, 0.25) is 5.76 Å². The van der Waals surface area contributed by atoms with Gasteiger partial charge in [-0.15, -0.1) is 0 Å². The minimum atomic E-state index is -0.349. The summed E-state index contributed by atoms with van der Waals surface area (Å²) < 4.78 is 9.94. The topological polar surface area (TPSA) is 64.4 Å². The van der Waals surface area contributed by atoms with Gasteiger partial charge in [-0.25, -0.2) is 0 Å². The number of methoxy groups -OCH3 is 1. The van der Waals surface area contributed by atoms with Crippen molar-refractivity contribution >= 4 is 5.91 Å². The van der Waals surface area contributed by atoms with Crippen molar-refractivity contribution in [3.63, 3.8) is 0 Å². The summed E-state index contributed by atoms with van der Waals surface area (Å²) in [5.41, 5.74) is 1.97. The smallest absolute Gasteiger partial charge is 0.290 e. The minimum absolute atomic E-state index is 0.110. The third-order valence-electron chi connectivity index (χ3n) is 3.46. The maximum Gasteiger partial charge on any atom is 0.290 e. The summed E-state index contributed by atoms with van der Waals surface area (Å²) in [6.07, 6.45) is 0. The molecule has 0 unspecified atom stereocenters. The van der Waals surface area contributed by atoms with Gasteiger partial charge < -0.3 is 14.6 Å². The SMILES string of the molecule is COc1cc(C(=O)NC(c2ccccc2)c2ccccc2)on1. The Bertz CT molecular complexity index is 730. The molecule has 0 aliphatic heterocycles. The molecule has 0 fully saturated rings. The summed E-state index contributed by atoms with van der Waals surface area (Å²) >= 11 is 0. The Kier molecular flexibility index (Phi) is 4.38. The summed E-state index contributed by atoms with van der Waals surface area (Å²) in [6.45, 7) is 0. The van der Waals surface area contributed by atoms with Crippen molar-refractivity contribution in [3.05, 3.63) is 83.6 Å². The first-order chi connectivity index (χ1) is 11.3. The molecule has 1 amide bonds.